The van der Waals surface area contributed by atoms with Gasteiger partial charge in [0.1, 0.15) is 0 Å². The second kappa shape index (κ2) is 7.41. The van der Waals surface area contributed by atoms with Gasteiger partial charge in [-0.05, 0) is 38.1 Å². The third-order valence-electron chi connectivity index (χ3n) is 5.24. The lowest BCUT2D eigenvalue weighted by Gasteiger charge is -2.26. The summed E-state index contributed by atoms with van der Waals surface area (Å²) in [5, 5.41) is 17.3. The van der Waals surface area contributed by atoms with Crippen molar-refractivity contribution < 1.29 is 5.11 Å². The molecular weight excluding hydrogens is 262 g/mol. The molecule has 21 heavy (non-hydrogen) atoms. The lowest BCUT2D eigenvalue weighted by atomic mass is 9.86. The van der Waals surface area contributed by atoms with E-state index in [1.54, 1.807) is 0 Å². The molecule has 1 aromatic rings. The normalized spacial score (nSPS) is 23.2. The summed E-state index contributed by atoms with van der Waals surface area (Å²) in [4.78, 5) is 0. The zero-order chi connectivity index (χ0) is 14.5. The maximum absolute atomic E-state index is 9.11. The number of rotatable bonds is 6. The Kier molecular flexibility index (Phi) is 5.31. The molecule has 0 radical (unpaired) electrons. The van der Waals surface area contributed by atoms with Crippen LogP contribution in [0.4, 0.5) is 0 Å². The third kappa shape index (κ3) is 3.67. The molecule has 2 N–H and O–H groups in total. The fraction of sp³-hybridized carbons (Fsp3) is 0.824. The van der Waals surface area contributed by atoms with Crippen LogP contribution in [0.1, 0.15) is 68.7 Å². The van der Waals surface area contributed by atoms with Gasteiger partial charge < -0.3 is 10.4 Å². The van der Waals surface area contributed by atoms with Crippen LogP contribution in [0.15, 0.2) is 6.20 Å². The number of aliphatic hydroxyl groups excluding tert-OH is 1. The zero-order valence-electron chi connectivity index (χ0n) is 13.1. The molecule has 1 heterocycles. The lowest BCUT2D eigenvalue weighted by molar-refractivity contribution is 0.266. The Balaban J connectivity index is 1.52. The number of nitrogens with one attached hydrogen (secondary N) is 1. The van der Waals surface area contributed by atoms with E-state index in [1.807, 2.05) is 10.9 Å². The van der Waals surface area contributed by atoms with Crippen LogP contribution in [0, 0.1) is 5.92 Å². The van der Waals surface area contributed by atoms with Crippen molar-refractivity contribution in [2.75, 3.05) is 13.2 Å². The molecule has 4 heteroatoms. The van der Waals surface area contributed by atoms with Crippen molar-refractivity contribution in [3.8, 4) is 0 Å². The monoisotopic (exact) mass is 291 g/mol. The molecular formula is C17H29N3O. The summed E-state index contributed by atoms with van der Waals surface area (Å²) in [6.07, 6.45) is 14.1. The summed E-state index contributed by atoms with van der Waals surface area (Å²) in [6.45, 7) is 1.94. The second-order valence-corrected chi connectivity index (χ2v) is 6.69. The van der Waals surface area contributed by atoms with Gasteiger partial charge in [-0.25, -0.2) is 0 Å². The number of hydrogen-bond acceptors (Lipinski definition) is 3. The van der Waals surface area contributed by atoms with E-state index in [4.69, 9.17) is 5.11 Å². The number of nitrogens with zero attached hydrogens (tertiary/aromatic N) is 2. The lowest BCUT2D eigenvalue weighted by Crippen LogP contribution is -2.27. The molecule has 4 nitrogen and oxygen atoms in total. The first kappa shape index (κ1) is 15.0. The third-order valence-corrected chi connectivity index (χ3v) is 5.24. The van der Waals surface area contributed by atoms with Gasteiger partial charge in [-0.1, -0.05) is 32.1 Å². The van der Waals surface area contributed by atoms with E-state index in [1.165, 1.54) is 62.6 Å². The van der Waals surface area contributed by atoms with Crippen LogP contribution in [0.25, 0.3) is 0 Å². The molecule has 0 amide bonds. The smallest absolute Gasteiger partial charge is 0.0644 e. The van der Waals surface area contributed by atoms with Crippen molar-refractivity contribution in [3.63, 3.8) is 0 Å². The van der Waals surface area contributed by atoms with E-state index in [2.05, 4.69) is 10.4 Å². The van der Waals surface area contributed by atoms with E-state index in [9.17, 15) is 0 Å². The van der Waals surface area contributed by atoms with Gasteiger partial charge in [0.2, 0.25) is 0 Å². The van der Waals surface area contributed by atoms with Gasteiger partial charge in [0.25, 0.3) is 0 Å². The Bertz CT molecular complexity index is 437. The van der Waals surface area contributed by atoms with Crippen LogP contribution in [-0.4, -0.2) is 28.0 Å². The molecule has 2 aliphatic rings. The van der Waals surface area contributed by atoms with Crippen LogP contribution in [-0.2, 0) is 13.0 Å². The van der Waals surface area contributed by atoms with E-state index in [0.29, 0.717) is 12.6 Å². The Labute approximate surface area is 127 Å². The number of hydrogen-bond donors (Lipinski definition) is 2. The first-order valence-corrected chi connectivity index (χ1v) is 8.77. The van der Waals surface area contributed by atoms with Gasteiger partial charge in [-0.2, -0.15) is 5.10 Å². The summed E-state index contributed by atoms with van der Waals surface area (Å²) in [5.74, 6) is 0.950. The molecule has 1 atom stereocenters. The van der Waals surface area contributed by atoms with E-state index in [0.717, 1.165) is 18.9 Å². The van der Waals surface area contributed by atoms with Gasteiger partial charge in [-0.15, -0.1) is 0 Å². The van der Waals surface area contributed by atoms with E-state index in [-0.39, 0.29) is 6.61 Å². The number of fused-ring (bicyclic) bond motifs is 1. The molecule has 3 rings (SSSR count). The Morgan fingerprint density at radius 2 is 2.05 bits per heavy atom. The van der Waals surface area contributed by atoms with Crippen molar-refractivity contribution in [2.24, 2.45) is 5.92 Å². The standard InChI is InChI=1S/C17H29N3O/c21-12-11-20-17-8-4-7-16(15(17)13-19-20)18-10-9-14-5-2-1-3-6-14/h13-14,16,18,21H,1-12H2. The summed E-state index contributed by atoms with van der Waals surface area (Å²) in [7, 11) is 0. The highest BCUT2D eigenvalue weighted by molar-refractivity contribution is 5.24. The van der Waals surface area contributed by atoms with Crippen molar-refractivity contribution in [2.45, 2.75) is 70.4 Å². The Morgan fingerprint density at radius 3 is 2.86 bits per heavy atom. The van der Waals surface area contributed by atoms with Crippen LogP contribution < -0.4 is 5.32 Å². The molecule has 0 saturated heterocycles. The van der Waals surface area contributed by atoms with Gasteiger partial charge in [0, 0.05) is 17.3 Å². The molecule has 1 saturated carbocycles. The fourth-order valence-electron chi connectivity index (χ4n) is 4.06. The quantitative estimate of drug-likeness (QED) is 0.847. The summed E-state index contributed by atoms with van der Waals surface area (Å²) >= 11 is 0. The Morgan fingerprint density at radius 1 is 1.19 bits per heavy atom. The van der Waals surface area contributed by atoms with Gasteiger partial charge in [0.15, 0.2) is 0 Å². The first-order chi connectivity index (χ1) is 10.4. The summed E-state index contributed by atoms with van der Waals surface area (Å²) in [6, 6.07) is 0.477. The minimum absolute atomic E-state index is 0.174. The minimum atomic E-state index is 0.174. The summed E-state index contributed by atoms with van der Waals surface area (Å²) < 4.78 is 1.99. The minimum Gasteiger partial charge on any atom is -0.394 e. The van der Waals surface area contributed by atoms with Crippen molar-refractivity contribution >= 4 is 0 Å². The van der Waals surface area contributed by atoms with Crippen LogP contribution in [0.5, 0.6) is 0 Å². The number of aromatic nitrogens is 2. The van der Waals surface area contributed by atoms with Crippen molar-refractivity contribution in [3.05, 3.63) is 17.5 Å². The Hall–Kier alpha value is -0.870. The van der Waals surface area contributed by atoms with Gasteiger partial charge in [0.05, 0.1) is 19.3 Å². The van der Waals surface area contributed by atoms with Crippen molar-refractivity contribution in [1.82, 2.24) is 15.1 Å². The SMILES string of the molecule is OCCn1ncc2c1CCCC2NCCC1CCCCC1. The number of aliphatic hydroxyl groups is 1. The molecule has 2 aliphatic carbocycles. The predicted molar refractivity (Wildman–Crippen MR) is 84.2 cm³/mol. The molecule has 1 fully saturated rings. The maximum Gasteiger partial charge on any atom is 0.0644 e. The molecule has 0 aromatic carbocycles. The topological polar surface area (TPSA) is 50.1 Å². The molecule has 0 spiro atoms. The van der Waals surface area contributed by atoms with Crippen LogP contribution >= 0.6 is 0 Å². The molecule has 0 aliphatic heterocycles. The van der Waals surface area contributed by atoms with Crippen molar-refractivity contribution in [1.29, 1.82) is 0 Å². The van der Waals surface area contributed by atoms with Crippen LogP contribution in [0.3, 0.4) is 0 Å². The highest BCUT2D eigenvalue weighted by atomic mass is 16.3. The molecule has 1 aromatic heterocycles. The van der Waals surface area contributed by atoms with Crippen LogP contribution in [0.2, 0.25) is 0 Å². The second-order valence-electron chi connectivity index (χ2n) is 6.69. The fourth-order valence-corrected chi connectivity index (χ4v) is 4.06. The maximum atomic E-state index is 9.11. The average Bonchev–Trinajstić information content (AvgIpc) is 2.93. The first-order valence-electron chi connectivity index (χ1n) is 8.77. The zero-order valence-corrected chi connectivity index (χ0v) is 13.1. The highest BCUT2D eigenvalue weighted by Crippen LogP contribution is 2.30. The largest absolute Gasteiger partial charge is 0.394 e. The van der Waals surface area contributed by atoms with Gasteiger partial charge >= 0.3 is 0 Å². The molecule has 118 valence electrons. The average molecular weight is 291 g/mol. The molecule has 1 unspecified atom stereocenters. The van der Waals surface area contributed by atoms with E-state index >= 15 is 0 Å². The van der Waals surface area contributed by atoms with Gasteiger partial charge in [-0.3, -0.25) is 4.68 Å². The predicted octanol–water partition coefficient (Wildman–Crippen LogP) is 2.81. The summed E-state index contributed by atoms with van der Waals surface area (Å²) in [5.41, 5.74) is 2.71. The molecule has 0 bridgehead atoms. The highest BCUT2D eigenvalue weighted by Gasteiger charge is 2.24. The van der Waals surface area contributed by atoms with E-state index < -0.39 is 0 Å².